The summed E-state index contributed by atoms with van der Waals surface area (Å²) in [6.45, 7) is 5.94. The molecule has 0 saturated heterocycles. The average molecular weight is 294 g/mol. The van der Waals surface area contributed by atoms with Gasteiger partial charge in [0.2, 0.25) is 11.9 Å². The first-order valence-corrected chi connectivity index (χ1v) is 7.27. The van der Waals surface area contributed by atoms with E-state index in [2.05, 4.69) is 31.8 Å². The normalized spacial score (nSPS) is 10.3. The number of hydrogen-bond acceptors (Lipinski definition) is 8. The highest BCUT2D eigenvalue weighted by atomic mass is 32.1. The van der Waals surface area contributed by atoms with Gasteiger partial charge in [0.05, 0.1) is 13.2 Å². The van der Waals surface area contributed by atoms with Crippen molar-refractivity contribution in [2.75, 3.05) is 23.5 Å². The molecule has 0 radical (unpaired) electrons. The second kappa shape index (κ2) is 7.01. The van der Waals surface area contributed by atoms with Crippen LogP contribution < -0.4 is 20.9 Å². The van der Waals surface area contributed by atoms with Crippen LogP contribution in [0.3, 0.4) is 0 Å². The van der Waals surface area contributed by atoms with E-state index in [0.717, 1.165) is 13.1 Å². The highest BCUT2D eigenvalue weighted by molar-refractivity contribution is 7.09. The van der Waals surface area contributed by atoms with Crippen LogP contribution in [0.2, 0.25) is 0 Å². The number of thiophene rings is 1. The minimum Gasteiger partial charge on any atom is -0.464 e. The molecule has 0 saturated carbocycles. The summed E-state index contributed by atoms with van der Waals surface area (Å²) in [5.41, 5.74) is 2.44. The molecule has 0 bridgehead atoms. The van der Waals surface area contributed by atoms with Gasteiger partial charge in [-0.15, -0.1) is 11.3 Å². The van der Waals surface area contributed by atoms with Crippen molar-refractivity contribution >= 4 is 23.2 Å². The fourth-order valence-electron chi connectivity index (χ4n) is 1.66. The number of nitrogens with one attached hydrogen (secondary N) is 1. The number of aromatic nitrogens is 3. The van der Waals surface area contributed by atoms with Gasteiger partial charge in [0, 0.05) is 11.4 Å². The van der Waals surface area contributed by atoms with Crippen molar-refractivity contribution < 1.29 is 4.74 Å². The van der Waals surface area contributed by atoms with Gasteiger partial charge in [-0.25, -0.2) is 5.84 Å². The van der Waals surface area contributed by atoms with Gasteiger partial charge in [-0.05, 0) is 25.3 Å². The van der Waals surface area contributed by atoms with Gasteiger partial charge in [0.1, 0.15) is 0 Å². The van der Waals surface area contributed by atoms with Crippen molar-refractivity contribution in [2.45, 2.75) is 20.4 Å². The first-order valence-electron chi connectivity index (χ1n) is 6.39. The first-order chi connectivity index (χ1) is 9.76. The summed E-state index contributed by atoms with van der Waals surface area (Å²) in [6.07, 6.45) is 0. The Morgan fingerprint density at radius 1 is 1.35 bits per heavy atom. The highest BCUT2D eigenvalue weighted by Gasteiger charge is 2.13. The molecule has 2 rings (SSSR count). The van der Waals surface area contributed by atoms with E-state index in [1.807, 2.05) is 24.8 Å². The maximum atomic E-state index is 5.39. The average Bonchev–Trinajstić information content (AvgIpc) is 2.97. The summed E-state index contributed by atoms with van der Waals surface area (Å²) >= 11 is 1.70. The quantitative estimate of drug-likeness (QED) is 0.592. The van der Waals surface area contributed by atoms with Crippen molar-refractivity contribution in [2.24, 2.45) is 5.84 Å². The summed E-state index contributed by atoms with van der Waals surface area (Å²) in [5.74, 6) is 6.23. The number of nitrogens with zero attached hydrogens (tertiary/aromatic N) is 4. The molecule has 0 aliphatic carbocycles. The van der Waals surface area contributed by atoms with Crippen LogP contribution in [0.5, 0.6) is 6.01 Å². The number of rotatable bonds is 7. The molecule has 108 valence electrons. The van der Waals surface area contributed by atoms with Crippen LogP contribution in [0.4, 0.5) is 11.9 Å². The largest absolute Gasteiger partial charge is 0.464 e. The lowest BCUT2D eigenvalue weighted by Gasteiger charge is -2.20. The third-order valence-corrected chi connectivity index (χ3v) is 3.46. The van der Waals surface area contributed by atoms with Gasteiger partial charge in [-0.3, -0.25) is 5.43 Å². The van der Waals surface area contributed by atoms with E-state index in [0.29, 0.717) is 18.5 Å². The third kappa shape index (κ3) is 3.55. The summed E-state index contributed by atoms with van der Waals surface area (Å²) in [4.78, 5) is 15.9. The number of nitrogen functional groups attached to an aromatic ring is 1. The SMILES string of the molecule is CCOc1nc(NN)nc(N(CC)Cc2cccs2)n1. The molecule has 2 aromatic heterocycles. The number of ether oxygens (including phenoxy) is 1. The number of hydrogen-bond donors (Lipinski definition) is 2. The molecule has 8 heteroatoms. The zero-order valence-corrected chi connectivity index (χ0v) is 12.4. The second-order valence-electron chi connectivity index (χ2n) is 3.91. The molecule has 3 N–H and O–H groups in total. The summed E-state index contributed by atoms with van der Waals surface area (Å²) in [6, 6.07) is 4.38. The summed E-state index contributed by atoms with van der Waals surface area (Å²) < 4.78 is 5.34. The minimum atomic E-state index is 0.273. The Bertz CT molecular complexity index is 533. The van der Waals surface area contributed by atoms with Gasteiger partial charge in [-0.1, -0.05) is 6.07 Å². The Morgan fingerprint density at radius 3 is 2.80 bits per heavy atom. The molecule has 7 nitrogen and oxygen atoms in total. The maximum absolute atomic E-state index is 5.39. The van der Waals surface area contributed by atoms with E-state index in [-0.39, 0.29) is 6.01 Å². The maximum Gasteiger partial charge on any atom is 0.323 e. The lowest BCUT2D eigenvalue weighted by atomic mass is 10.4. The molecule has 0 atom stereocenters. The lowest BCUT2D eigenvalue weighted by molar-refractivity contribution is 0.312. The van der Waals surface area contributed by atoms with Gasteiger partial charge in [0.25, 0.3) is 0 Å². The Morgan fingerprint density at radius 2 is 2.20 bits per heavy atom. The number of anilines is 2. The second-order valence-corrected chi connectivity index (χ2v) is 4.94. The Balaban J connectivity index is 2.25. The zero-order valence-electron chi connectivity index (χ0n) is 11.5. The lowest BCUT2D eigenvalue weighted by Crippen LogP contribution is -2.25. The van der Waals surface area contributed by atoms with Crippen molar-refractivity contribution in [1.29, 1.82) is 0 Å². The fourth-order valence-corrected chi connectivity index (χ4v) is 2.38. The standard InChI is InChI=1S/C12H18N6OS/c1-3-18(8-9-6-5-7-20-9)11-14-10(17-13)15-12(16-11)19-4-2/h5-7H,3-4,8,13H2,1-2H3,(H,14,15,16,17). The van der Waals surface area contributed by atoms with Gasteiger partial charge >= 0.3 is 6.01 Å². The van der Waals surface area contributed by atoms with Crippen molar-refractivity contribution in [1.82, 2.24) is 15.0 Å². The number of hydrazine groups is 1. The van der Waals surface area contributed by atoms with E-state index in [9.17, 15) is 0 Å². The Kier molecular flexibility index (Phi) is 5.08. The fraction of sp³-hybridized carbons (Fsp3) is 0.417. The molecule has 0 spiro atoms. The van der Waals surface area contributed by atoms with Crippen LogP contribution in [0, 0.1) is 0 Å². The molecule has 20 heavy (non-hydrogen) atoms. The molecule has 0 unspecified atom stereocenters. The Labute approximate surface area is 121 Å². The molecule has 0 fully saturated rings. The van der Waals surface area contributed by atoms with E-state index in [1.165, 1.54) is 4.88 Å². The van der Waals surface area contributed by atoms with E-state index >= 15 is 0 Å². The molecular formula is C12H18N6OS. The van der Waals surface area contributed by atoms with Crippen molar-refractivity contribution in [3.8, 4) is 6.01 Å². The zero-order chi connectivity index (χ0) is 14.4. The predicted octanol–water partition coefficient (Wildman–Crippen LogP) is 1.64. The van der Waals surface area contributed by atoms with E-state index in [1.54, 1.807) is 11.3 Å². The van der Waals surface area contributed by atoms with E-state index in [4.69, 9.17) is 10.6 Å². The van der Waals surface area contributed by atoms with Crippen LogP contribution in [0.25, 0.3) is 0 Å². The summed E-state index contributed by atoms with van der Waals surface area (Å²) in [5, 5.41) is 2.05. The Hall–Kier alpha value is -1.93. The van der Waals surface area contributed by atoms with Crippen molar-refractivity contribution in [3.05, 3.63) is 22.4 Å². The summed E-state index contributed by atoms with van der Waals surface area (Å²) in [7, 11) is 0. The van der Waals surface area contributed by atoms with Crippen LogP contribution in [-0.2, 0) is 6.54 Å². The van der Waals surface area contributed by atoms with Crippen LogP contribution in [0.15, 0.2) is 17.5 Å². The molecule has 2 heterocycles. The monoisotopic (exact) mass is 294 g/mol. The molecule has 0 aliphatic rings. The molecule has 2 aromatic rings. The molecule has 0 aromatic carbocycles. The molecule has 0 amide bonds. The topological polar surface area (TPSA) is 89.2 Å². The smallest absolute Gasteiger partial charge is 0.323 e. The number of nitrogens with two attached hydrogens (primary N) is 1. The van der Waals surface area contributed by atoms with Crippen LogP contribution in [-0.4, -0.2) is 28.1 Å². The molecular weight excluding hydrogens is 276 g/mol. The van der Waals surface area contributed by atoms with E-state index < -0.39 is 0 Å². The predicted molar refractivity (Wildman–Crippen MR) is 79.8 cm³/mol. The van der Waals surface area contributed by atoms with Gasteiger partial charge in [-0.2, -0.15) is 15.0 Å². The van der Waals surface area contributed by atoms with Gasteiger partial charge in [0.15, 0.2) is 0 Å². The van der Waals surface area contributed by atoms with Crippen LogP contribution >= 0.6 is 11.3 Å². The van der Waals surface area contributed by atoms with Crippen LogP contribution in [0.1, 0.15) is 18.7 Å². The van der Waals surface area contributed by atoms with Gasteiger partial charge < -0.3 is 9.64 Å². The first kappa shape index (κ1) is 14.5. The molecule has 0 aliphatic heterocycles. The van der Waals surface area contributed by atoms with Crippen molar-refractivity contribution in [3.63, 3.8) is 0 Å². The highest BCUT2D eigenvalue weighted by Crippen LogP contribution is 2.19. The third-order valence-electron chi connectivity index (χ3n) is 2.60. The minimum absolute atomic E-state index is 0.273.